The van der Waals surface area contributed by atoms with Gasteiger partial charge in [0.05, 0.1) is 55.9 Å². The molecule has 33 heteroatoms. The molecule has 0 aliphatic carbocycles. The lowest BCUT2D eigenvalue weighted by molar-refractivity contribution is -0.159. The number of carbonyl (C=O) groups is 6. The van der Waals surface area contributed by atoms with Gasteiger partial charge >= 0.3 is 35.8 Å². The minimum Gasteiger partial charge on any atom is -0.465 e. The maximum absolute atomic E-state index is 14.1. The lowest BCUT2D eigenvalue weighted by Crippen LogP contribution is -2.38. The predicted molar refractivity (Wildman–Crippen MR) is 444 cm³/mol. The molecule has 0 radical (unpaired) electrons. The number of rotatable bonds is 55. The summed E-state index contributed by atoms with van der Waals surface area (Å²) in [5.41, 5.74) is 14.4. The van der Waals surface area contributed by atoms with E-state index in [9.17, 15) is 81.5 Å². The second-order valence-corrected chi connectivity index (χ2v) is 34.9. The van der Waals surface area contributed by atoms with Gasteiger partial charge in [-0.15, -0.1) is 0 Å². The fraction of sp³-hybridized carbons (Fsp3) is 0.730. The van der Waals surface area contributed by atoms with Crippen LogP contribution in [0.25, 0.3) is 31.3 Å². The van der Waals surface area contributed by atoms with E-state index in [1.807, 2.05) is 41.5 Å². The van der Waals surface area contributed by atoms with E-state index in [1.165, 1.54) is 0 Å². The molecule has 3 rings (SSSR count). The summed E-state index contributed by atoms with van der Waals surface area (Å²) in [7, 11) is 0. The number of hydrogen-bond donors (Lipinski definition) is 0. The molecule has 3 aromatic carbocycles. The molecule has 0 bridgehead atoms. The van der Waals surface area contributed by atoms with Gasteiger partial charge in [0, 0.05) is 14.7 Å². The monoisotopic (exact) mass is 1750 g/mol. The van der Waals surface area contributed by atoms with Crippen molar-refractivity contribution in [3.8, 4) is 0 Å². The fourth-order valence-corrected chi connectivity index (χ4v) is 13.6. The van der Waals surface area contributed by atoms with Crippen molar-refractivity contribution in [1.29, 1.82) is 0 Å². The van der Waals surface area contributed by atoms with Crippen LogP contribution in [0.5, 0.6) is 0 Å². The van der Waals surface area contributed by atoms with Gasteiger partial charge in [0.2, 0.25) is 0 Å². The smallest absolute Gasteiger partial charge is 0.344 e. The standard InChI is InChI=1S/C31H47F4N3O4.2C29H43F4N3O4/c1-19(2)21(4)22(5)31(6,7)30(40)42-18-13-10-8-9-11-15-20(3)16-12-14-17-41-29(39)23-24(32)26(34)28(37-38-36)27(35)25(23)33;2*1-18(2)20(4)29(5,6)28(38)40-17-12-9-7-8-10-14-19(3)15-11-13-16-39-27(37)21-22(30)24(32)26(35-36-34)25(33)23(21)31/h19-22H,8-18H2,1-7H3;2*18-20H,7-17H2,1-6H3. The van der Waals surface area contributed by atoms with Crippen LogP contribution in [0.3, 0.4) is 0 Å². The molecule has 0 N–H and O–H groups in total. The van der Waals surface area contributed by atoms with Gasteiger partial charge in [0.15, 0.2) is 69.8 Å². The predicted octanol–water partition coefficient (Wildman–Crippen LogP) is 28.7. The number of carbonyl (C=O) groups excluding carboxylic acids is 6. The summed E-state index contributed by atoms with van der Waals surface area (Å²) in [4.78, 5) is 79.8. The molecule has 0 aromatic heterocycles. The molecule has 0 saturated heterocycles. The van der Waals surface area contributed by atoms with Gasteiger partial charge in [-0.2, -0.15) is 0 Å². The van der Waals surface area contributed by atoms with Gasteiger partial charge in [-0.1, -0.05) is 221 Å². The Balaban J connectivity index is 0.000000915. The lowest BCUT2D eigenvalue weighted by Gasteiger charge is -2.35. The van der Waals surface area contributed by atoms with Crippen molar-refractivity contribution in [2.75, 3.05) is 39.6 Å². The zero-order valence-electron chi connectivity index (χ0n) is 75.1. The van der Waals surface area contributed by atoms with Gasteiger partial charge in [0.1, 0.15) is 33.8 Å². The Kier molecular flexibility index (Phi) is 52.3. The number of esters is 6. The maximum atomic E-state index is 14.1. The Hall–Kier alpha value is -8.43. The molecule has 0 amide bonds. The maximum Gasteiger partial charge on any atom is 0.344 e. The van der Waals surface area contributed by atoms with Crippen molar-refractivity contribution in [2.45, 2.75) is 305 Å². The van der Waals surface area contributed by atoms with Crippen LogP contribution < -0.4 is 0 Å². The third-order valence-corrected chi connectivity index (χ3v) is 23.8. The fourth-order valence-electron chi connectivity index (χ4n) is 13.6. The number of nitrogens with zero attached hydrogens (tertiary/aromatic N) is 9. The molecule has 122 heavy (non-hydrogen) atoms. The number of azide groups is 3. The van der Waals surface area contributed by atoms with Crippen molar-refractivity contribution in [3.63, 3.8) is 0 Å². The first kappa shape index (κ1) is 112. The van der Waals surface area contributed by atoms with Crippen molar-refractivity contribution < 1.29 is 110 Å². The minimum absolute atomic E-state index is 0.130. The quantitative estimate of drug-likeness (QED) is 0.00744. The van der Waals surface area contributed by atoms with E-state index in [0.717, 1.165) is 135 Å². The molecule has 0 fully saturated rings. The first-order valence-electron chi connectivity index (χ1n) is 43.0. The molecular weight excluding hydrogens is 1620 g/mol. The average Bonchev–Trinajstić information content (AvgIpc) is 0.789. The molecule has 7 atom stereocenters. The minimum atomic E-state index is -1.97. The highest BCUT2D eigenvalue weighted by Gasteiger charge is 2.41. The molecule has 0 aliphatic heterocycles. The lowest BCUT2D eigenvalue weighted by atomic mass is 9.70. The summed E-state index contributed by atoms with van der Waals surface area (Å²) in [5.74, 6) is -24.9. The summed E-state index contributed by atoms with van der Waals surface area (Å²) in [5, 5.41) is 7.74. The molecule has 0 saturated carbocycles. The van der Waals surface area contributed by atoms with Gasteiger partial charge in [-0.3, -0.25) is 14.4 Å². The van der Waals surface area contributed by atoms with Crippen LogP contribution in [0.4, 0.5) is 69.7 Å². The van der Waals surface area contributed by atoms with E-state index >= 15 is 0 Å². The Morgan fingerprint density at radius 3 is 0.656 bits per heavy atom. The van der Waals surface area contributed by atoms with E-state index < -0.39 is 138 Å². The Labute approximate surface area is 713 Å². The first-order valence-corrected chi connectivity index (χ1v) is 43.0. The molecule has 3 aromatic rings. The average molecular weight is 1750 g/mol. The van der Waals surface area contributed by atoms with Gasteiger partial charge in [0.25, 0.3) is 0 Å². The van der Waals surface area contributed by atoms with Crippen LogP contribution >= 0.6 is 0 Å². The molecule has 0 aliphatic rings. The molecule has 21 nitrogen and oxygen atoms in total. The Bertz CT molecular complexity index is 3710. The van der Waals surface area contributed by atoms with E-state index in [-0.39, 0.29) is 55.5 Å². The summed E-state index contributed by atoms with van der Waals surface area (Å²) in [6, 6.07) is 0. The SMILES string of the molecule is CC(CCCCCCCOC(=O)C(C)(C)C(C)C(C)C(C)C)CCCCOC(=O)c1c(F)c(F)c(N=[N+]=[N-])c(F)c1F.CC(CCCCCCCOC(=O)C(C)(C)C(C)C(C)C)CCCCOC(=O)c1c(F)c(F)c(N=[N+]=[N-])c(F)c1F.CC(CCCCCCCOC(=O)C(C)(C)C(C)C(C)C)CCCCOC(=O)c1c(F)c(F)c(N=[N+]=[N-])c(F)c1F. The zero-order valence-corrected chi connectivity index (χ0v) is 75.1. The van der Waals surface area contributed by atoms with Crippen LogP contribution in [-0.4, -0.2) is 75.5 Å². The van der Waals surface area contributed by atoms with E-state index in [4.69, 9.17) is 45.0 Å². The number of benzene rings is 3. The van der Waals surface area contributed by atoms with Crippen molar-refractivity contribution in [3.05, 3.63) is 118 Å². The molecule has 0 heterocycles. The van der Waals surface area contributed by atoms with Crippen LogP contribution in [0.15, 0.2) is 15.3 Å². The summed E-state index contributed by atoms with van der Waals surface area (Å²) < 4.78 is 198. The van der Waals surface area contributed by atoms with E-state index in [0.29, 0.717) is 99.8 Å². The second kappa shape index (κ2) is 57.2. The van der Waals surface area contributed by atoms with E-state index in [2.05, 4.69) is 120 Å². The highest BCUT2D eigenvalue weighted by atomic mass is 19.2. The van der Waals surface area contributed by atoms with E-state index in [1.54, 1.807) is 0 Å². The third kappa shape index (κ3) is 36.4. The Morgan fingerprint density at radius 1 is 0.270 bits per heavy atom. The summed E-state index contributed by atoms with van der Waals surface area (Å²) >= 11 is 0. The van der Waals surface area contributed by atoms with Gasteiger partial charge in [-0.25, -0.2) is 67.1 Å². The van der Waals surface area contributed by atoms with Crippen molar-refractivity contribution >= 4 is 52.9 Å². The molecular formula is C89H133F12N9O12. The third-order valence-electron chi connectivity index (χ3n) is 23.8. The molecule has 0 spiro atoms. The first-order chi connectivity index (χ1) is 57.2. The largest absolute Gasteiger partial charge is 0.465 e. The number of hydrogen-bond acceptors (Lipinski definition) is 15. The van der Waals surface area contributed by atoms with Crippen LogP contribution in [0, 0.1) is 145 Å². The van der Waals surface area contributed by atoms with Gasteiger partial charge < -0.3 is 28.4 Å². The highest BCUT2D eigenvalue weighted by molar-refractivity contribution is 5.92. The zero-order chi connectivity index (χ0) is 92.9. The normalized spacial score (nSPS) is 13.3. The summed E-state index contributed by atoms with van der Waals surface area (Å²) in [6.45, 7) is 40.1. The number of halogens is 12. The second-order valence-electron chi connectivity index (χ2n) is 34.9. The Morgan fingerprint density at radius 2 is 0.451 bits per heavy atom. The number of unbranched alkanes of at least 4 members (excludes halogenated alkanes) is 15. The van der Waals surface area contributed by atoms with Gasteiger partial charge in [-0.05, 0) is 175 Å². The molecule has 690 valence electrons. The van der Waals surface area contributed by atoms with Crippen LogP contribution in [0.1, 0.15) is 336 Å². The summed E-state index contributed by atoms with van der Waals surface area (Å²) in [6.07, 6.45) is 24.2. The topological polar surface area (TPSA) is 304 Å². The highest BCUT2D eigenvalue weighted by Crippen LogP contribution is 2.40. The molecule has 7 unspecified atom stereocenters. The van der Waals surface area contributed by atoms with Crippen LogP contribution in [0.2, 0.25) is 0 Å². The van der Waals surface area contributed by atoms with Crippen molar-refractivity contribution in [1.82, 2.24) is 0 Å². The number of ether oxygens (including phenoxy) is 6. The van der Waals surface area contributed by atoms with Crippen LogP contribution in [-0.2, 0) is 42.8 Å². The van der Waals surface area contributed by atoms with Crippen molar-refractivity contribution in [2.24, 2.45) is 90.8 Å².